The summed E-state index contributed by atoms with van der Waals surface area (Å²) in [6.45, 7) is 0.960. The van der Waals surface area contributed by atoms with Crippen molar-refractivity contribution < 1.29 is 4.79 Å². The van der Waals surface area contributed by atoms with Gasteiger partial charge in [0.15, 0.2) is 0 Å². The van der Waals surface area contributed by atoms with Gasteiger partial charge < -0.3 is 10.2 Å². The van der Waals surface area contributed by atoms with Crippen LogP contribution in [0.15, 0.2) is 36.5 Å². The highest BCUT2D eigenvalue weighted by molar-refractivity contribution is 6.30. The van der Waals surface area contributed by atoms with E-state index in [1.54, 1.807) is 29.3 Å². The Balaban J connectivity index is 1.92. The number of amides is 1. The molecule has 0 saturated carbocycles. The number of pyridine rings is 1. The fourth-order valence-electron chi connectivity index (χ4n) is 2.58. The second-order valence-electron chi connectivity index (χ2n) is 4.94. The first-order chi connectivity index (χ1) is 10.7. The van der Waals surface area contributed by atoms with E-state index in [0.717, 1.165) is 17.7 Å². The van der Waals surface area contributed by atoms with E-state index in [4.69, 9.17) is 18.0 Å². The number of anilines is 2. The van der Waals surface area contributed by atoms with Crippen molar-refractivity contribution in [3.63, 3.8) is 0 Å². The van der Waals surface area contributed by atoms with E-state index in [1.165, 1.54) is 0 Å². The molecule has 0 saturated heterocycles. The minimum Gasteiger partial charge on any atom is -0.358 e. The monoisotopic (exact) mass is 311 g/mol. The first-order valence-corrected chi connectivity index (χ1v) is 7.31. The van der Waals surface area contributed by atoms with Gasteiger partial charge >= 0.3 is 0 Å². The summed E-state index contributed by atoms with van der Waals surface area (Å²) in [5, 5.41) is 3.67. The van der Waals surface area contributed by atoms with Crippen molar-refractivity contribution >= 4 is 29.0 Å². The van der Waals surface area contributed by atoms with Crippen molar-refractivity contribution in [1.82, 2.24) is 4.98 Å². The Bertz CT molecular complexity index is 767. The molecular weight excluding hydrogens is 298 g/mol. The van der Waals surface area contributed by atoms with Gasteiger partial charge in [0.25, 0.3) is 5.91 Å². The molecular formula is C17H14ClN3O. The van der Waals surface area contributed by atoms with E-state index in [1.807, 2.05) is 12.1 Å². The van der Waals surface area contributed by atoms with Crippen LogP contribution in [0.3, 0.4) is 0 Å². The molecule has 0 radical (unpaired) electrons. The number of carbonyl (C=O) groups is 1. The summed E-state index contributed by atoms with van der Waals surface area (Å²) < 4.78 is 0. The predicted molar refractivity (Wildman–Crippen MR) is 88.4 cm³/mol. The van der Waals surface area contributed by atoms with Crippen LogP contribution < -0.4 is 10.2 Å². The molecule has 110 valence electrons. The maximum atomic E-state index is 12.8. The Morgan fingerprint density at radius 1 is 1.45 bits per heavy atom. The number of carbonyl (C=O) groups excluding carboxylic acids is 1. The number of terminal acetylenes is 1. The van der Waals surface area contributed by atoms with Gasteiger partial charge in [0.05, 0.1) is 12.1 Å². The van der Waals surface area contributed by atoms with Gasteiger partial charge in [-0.3, -0.25) is 4.79 Å². The number of hydrogen-bond acceptors (Lipinski definition) is 3. The summed E-state index contributed by atoms with van der Waals surface area (Å²) in [7, 11) is 0. The number of rotatable bonds is 3. The lowest BCUT2D eigenvalue weighted by molar-refractivity contribution is 0.0990. The van der Waals surface area contributed by atoms with E-state index in [0.29, 0.717) is 29.5 Å². The Hall–Kier alpha value is -2.51. The molecule has 0 spiro atoms. The molecule has 0 fully saturated rings. The molecule has 1 aliphatic heterocycles. The van der Waals surface area contributed by atoms with Crippen molar-refractivity contribution in [2.24, 2.45) is 0 Å². The number of benzene rings is 1. The number of nitrogens with zero attached hydrogens (tertiary/aromatic N) is 2. The second-order valence-corrected chi connectivity index (χ2v) is 5.37. The van der Waals surface area contributed by atoms with Crippen molar-refractivity contribution in [1.29, 1.82) is 0 Å². The van der Waals surface area contributed by atoms with E-state index in [9.17, 15) is 4.79 Å². The molecule has 1 amide bonds. The first kappa shape index (κ1) is 14.4. The molecule has 5 heteroatoms. The first-order valence-electron chi connectivity index (χ1n) is 6.93. The third-order valence-electron chi connectivity index (χ3n) is 3.58. The maximum Gasteiger partial charge on any atom is 0.262 e. The fourth-order valence-corrected chi connectivity index (χ4v) is 2.77. The smallest absolute Gasteiger partial charge is 0.262 e. The summed E-state index contributed by atoms with van der Waals surface area (Å²) in [6.07, 6.45) is 7.69. The van der Waals surface area contributed by atoms with Crippen molar-refractivity contribution in [2.75, 3.05) is 23.3 Å². The number of fused-ring (bicyclic) bond motifs is 1. The van der Waals surface area contributed by atoms with E-state index < -0.39 is 0 Å². The van der Waals surface area contributed by atoms with E-state index in [-0.39, 0.29) is 5.91 Å². The lowest BCUT2D eigenvalue weighted by Crippen LogP contribution is -2.29. The van der Waals surface area contributed by atoms with Gasteiger partial charge in [-0.15, -0.1) is 6.42 Å². The molecule has 1 aliphatic rings. The zero-order valence-electron chi connectivity index (χ0n) is 11.8. The van der Waals surface area contributed by atoms with E-state index in [2.05, 4.69) is 16.2 Å². The SMILES string of the molecule is C#CCNc1ncccc1C(=O)N1CCc2cc(Cl)ccc21. The van der Waals surface area contributed by atoms with Crippen LogP contribution in [0.25, 0.3) is 0 Å². The number of hydrogen-bond donors (Lipinski definition) is 1. The summed E-state index contributed by atoms with van der Waals surface area (Å²) in [5.74, 6) is 2.90. The number of nitrogens with one attached hydrogen (secondary N) is 1. The van der Waals surface area contributed by atoms with Crippen molar-refractivity contribution in [3.05, 3.63) is 52.7 Å². The maximum absolute atomic E-state index is 12.8. The Morgan fingerprint density at radius 2 is 2.32 bits per heavy atom. The molecule has 2 aromatic rings. The van der Waals surface area contributed by atoms with Gasteiger partial charge in [-0.05, 0) is 42.3 Å². The topological polar surface area (TPSA) is 45.2 Å². The van der Waals surface area contributed by atoms with Crippen LogP contribution in [0.5, 0.6) is 0 Å². The molecule has 1 aromatic carbocycles. The third-order valence-corrected chi connectivity index (χ3v) is 3.81. The van der Waals surface area contributed by atoms with Crippen LogP contribution in [0.1, 0.15) is 15.9 Å². The van der Waals surface area contributed by atoms with Crippen LogP contribution in [-0.4, -0.2) is 24.0 Å². The molecule has 1 aromatic heterocycles. The Kier molecular flexibility index (Phi) is 3.99. The summed E-state index contributed by atoms with van der Waals surface area (Å²) >= 11 is 6.01. The van der Waals surface area contributed by atoms with Crippen molar-refractivity contribution in [2.45, 2.75) is 6.42 Å². The predicted octanol–water partition coefficient (Wildman–Crippen LogP) is 2.98. The van der Waals surface area contributed by atoms with Crippen LogP contribution in [0.4, 0.5) is 11.5 Å². The molecule has 1 N–H and O–H groups in total. The number of aromatic nitrogens is 1. The minimum atomic E-state index is -0.0892. The van der Waals surface area contributed by atoms with Crippen LogP contribution >= 0.6 is 11.6 Å². The molecule has 3 rings (SSSR count). The summed E-state index contributed by atoms with van der Waals surface area (Å²) in [4.78, 5) is 18.8. The van der Waals surface area contributed by atoms with Gasteiger partial charge in [0.1, 0.15) is 5.82 Å². The molecule has 0 unspecified atom stereocenters. The van der Waals surface area contributed by atoms with Gasteiger partial charge in [-0.25, -0.2) is 4.98 Å². The van der Waals surface area contributed by atoms with E-state index >= 15 is 0 Å². The summed E-state index contributed by atoms with van der Waals surface area (Å²) in [5.41, 5.74) is 2.50. The highest BCUT2D eigenvalue weighted by Crippen LogP contribution is 2.32. The molecule has 22 heavy (non-hydrogen) atoms. The Labute approximate surface area is 134 Å². The van der Waals surface area contributed by atoms with Gasteiger partial charge in [-0.1, -0.05) is 17.5 Å². The third kappa shape index (κ3) is 2.63. The fraction of sp³-hybridized carbons (Fsp3) is 0.176. The normalized spacial score (nSPS) is 12.6. The molecule has 0 atom stereocenters. The average molecular weight is 312 g/mol. The van der Waals surface area contributed by atoms with Crippen LogP contribution in [0.2, 0.25) is 5.02 Å². The number of halogens is 1. The molecule has 2 heterocycles. The highest BCUT2D eigenvalue weighted by Gasteiger charge is 2.27. The highest BCUT2D eigenvalue weighted by atomic mass is 35.5. The summed E-state index contributed by atoms with van der Waals surface area (Å²) in [6, 6.07) is 9.08. The van der Waals surface area contributed by atoms with Gasteiger partial charge in [0, 0.05) is 23.5 Å². The zero-order valence-corrected chi connectivity index (χ0v) is 12.6. The van der Waals surface area contributed by atoms with Gasteiger partial charge in [0.2, 0.25) is 0 Å². The molecule has 0 aliphatic carbocycles. The zero-order chi connectivity index (χ0) is 15.5. The standard InChI is InChI=1S/C17H14ClN3O/c1-2-8-19-16-14(4-3-9-20-16)17(22)21-10-7-12-11-13(18)5-6-15(12)21/h1,3-6,9,11H,7-8,10H2,(H,19,20). The Morgan fingerprint density at radius 3 is 3.14 bits per heavy atom. The molecule has 0 bridgehead atoms. The lowest BCUT2D eigenvalue weighted by atomic mass is 10.1. The van der Waals surface area contributed by atoms with Crippen LogP contribution in [0, 0.1) is 12.3 Å². The quantitative estimate of drug-likeness (QED) is 0.886. The molecule has 4 nitrogen and oxygen atoms in total. The van der Waals surface area contributed by atoms with Crippen LogP contribution in [-0.2, 0) is 6.42 Å². The second kappa shape index (κ2) is 6.08. The lowest BCUT2D eigenvalue weighted by Gasteiger charge is -2.19. The minimum absolute atomic E-state index is 0.0892. The van der Waals surface area contributed by atoms with Gasteiger partial charge in [-0.2, -0.15) is 0 Å². The largest absolute Gasteiger partial charge is 0.358 e. The average Bonchev–Trinajstić information content (AvgIpc) is 2.95. The van der Waals surface area contributed by atoms with Crippen molar-refractivity contribution in [3.8, 4) is 12.3 Å².